The average molecular weight is 551 g/mol. The van der Waals surface area contributed by atoms with Gasteiger partial charge in [-0.1, -0.05) is 24.4 Å². The van der Waals surface area contributed by atoms with Gasteiger partial charge in [-0.3, -0.25) is 4.90 Å². The standard InChI is InChI=1S/C23H28ClF3N3O3S2/c1-22(2,3)33-21(31)30-10-8-29(9-11-30)14-35(32)17-6-4-15(5-7-17)20-18(23(25,26)27)12-16(28-34)13-19(20)24/h4-7,12-13,28,32,34H,8-11,14H2,1-3H3/q+1. The van der Waals surface area contributed by atoms with Gasteiger partial charge >= 0.3 is 12.3 Å². The lowest BCUT2D eigenvalue weighted by Crippen LogP contribution is -2.50. The molecule has 1 aliphatic heterocycles. The number of anilines is 1. The van der Waals surface area contributed by atoms with Gasteiger partial charge in [-0.05, 0) is 62.7 Å². The molecule has 1 heterocycles. The third-order valence-electron chi connectivity index (χ3n) is 5.27. The highest BCUT2D eigenvalue weighted by atomic mass is 35.5. The highest BCUT2D eigenvalue weighted by molar-refractivity contribution is 7.91. The van der Waals surface area contributed by atoms with Gasteiger partial charge in [-0.15, -0.1) is 0 Å². The number of rotatable bonds is 5. The molecule has 3 rings (SSSR count). The molecule has 1 amide bonds. The molecule has 0 spiro atoms. The normalized spacial score (nSPS) is 16.2. The molecule has 2 aromatic rings. The number of halogens is 4. The fourth-order valence-electron chi connectivity index (χ4n) is 3.60. The third kappa shape index (κ3) is 7.36. The number of nitrogens with one attached hydrogen (secondary N) is 1. The van der Waals surface area contributed by atoms with E-state index in [1.807, 2.05) is 25.7 Å². The van der Waals surface area contributed by atoms with E-state index in [1.54, 1.807) is 17.0 Å². The Morgan fingerprint density at radius 2 is 1.74 bits per heavy atom. The van der Waals surface area contributed by atoms with Crippen molar-refractivity contribution in [2.75, 3.05) is 36.8 Å². The van der Waals surface area contributed by atoms with Gasteiger partial charge in [-0.25, -0.2) is 4.79 Å². The van der Waals surface area contributed by atoms with Crippen molar-refractivity contribution in [3.8, 4) is 11.1 Å². The van der Waals surface area contributed by atoms with Crippen molar-refractivity contribution >= 4 is 47.4 Å². The van der Waals surface area contributed by atoms with Crippen LogP contribution in [0.25, 0.3) is 11.1 Å². The molecule has 12 heteroatoms. The predicted octanol–water partition coefficient (Wildman–Crippen LogP) is 6.24. The maximum Gasteiger partial charge on any atom is 0.417 e. The molecule has 2 N–H and O–H groups in total. The molecule has 1 aliphatic rings. The Hall–Kier alpha value is -1.79. The molecule has 1 fully saturated rings. The first-order valence-electron chi connectivity index (χ1n) is 10.8. The maximum absolute atomic E-state index is 13.7. The molecule has 0 saturated carbocycles. The SMILES string of the molecule is CC(C)(C)OC(=O)N1CCN(C[S+](O)c2ccc(-c3c(Cl)cc(NS)cc3C(F)(F)F)cc2)CC1. The van der Waals surface area contributed by atoms with Crippen LogP contribution in [0.15, 0.2) is 41.3 Å². The maximum atomic E-state index is 13.7. The number of piperazine rings is 1. The highest BCUT2D eigenvalue weighted by Crippen LogP contribution is 2.43. The van der Waals surface area contributed by atoms with Crippen molar-refractivity contribution in [1.82, 2.24) is 9.80 Å². The van der Waals surface area contributed by atoms with Crippen molar-refractivity contribution < 1.29 is 27.3 Å². The summed E-state index contributed by atoms with van der Waals surface area (Å²) in [5, 5.41) is -0.0602. The van der Waals surface area contributed by atoms with E-state index in [0.717, 1.165) is 6.07 Å². The topological polar surface area (TPSA) is 65.0 Å². The number of alkyl halides is 3. The van der Waals surface area contributed by atoms with E-state index in [1.165, 1.54) is 18.2 Å². The average Bonchev–Trinajstić information content (AvgIpc) is 2.77. The Morgan fingerprint density at radius 3 is 2.26 bits per heavy atom. The number of amides is 1. The van der Waals surface area contributed by atoms with Gasteiger partial charge in [0.25, 0.3) is 0 Å². The molecule has 2 aromatic carbocycles. The van der Waals surface area contributed by atoms with Crippen molar-refractivity contribution in [3.05, 3.63) is 47.0 Å². The first-order valence-corrected chi connectivity index (χ1v) is 13.0. The van der Waals surface area contributed by atoms with E-state index in [0.29, 0.717) is 42.5 Å². The predicted molar refractivity (Wildman–Crippen MR) is 137 cm³/mol. The molecule has 1 saturated heterocycles. The largest absolute Gasteiger partial charge is 0.444 e. The molecule has 0 aliphatic carbocycles. The summed E-state index contributed by atoms with van der Waals surface area (Å²) in [5.74, 6) is 0.359. The van der Waals surface area contributed by atoms with Gasteiger partial charge in [0, 0.05) is 37.4 Å². The second-order valence-corrected chi connectivity index (χ2v) is 11.2. The first kappa shape index (κ1) is 27.8. The number of carbonyl (C=O) groups is 1. The Kier molecular flexibility index (Phi) is 8.80. The molecule has 192 valence electrons. The highest BCUT2D eigenvalue weighted by Gasteiger charge is 2.36. The number of thiol groups is 1. The lowest BCUT2D eigenvalue weighted by atomic mass is 9.98. The lowest BCUT2D eigenvalue weighted by molar-refractivity contribution is -0.137. The van der Waals surface area contributed by atoms with E-state index >= 15 is 0 Å². The number of hydrogen-bond acceptors (Lipinski definition) is 6. The number of ether oxygens (including phenoxy) is 1. The fourth-order valence-corrected chi connectivity index (χ4v) is 5.26. The molecular formula is C23H28ClF3N3O3S2+. The summed E-state index contributed by atoms with van der Waals surface area (Å²) in [6.45, 7) is 7.58. The van der Waals surface area contributed by atoms with Crippen molar-refractivity contribution in [2.45, 2.75) is 37.4 Å². The lowest BCUT2D eigenvalue weighted by Gasteiger charge is -2.34. The Morgan fingerprint density at radius 1 is 1.14 bits per heavy atom. The molecule has 35 heavy (non-hydrogen) atoms. The Balaban J connectivity index is 1.67. The summed E-state index contributed by atoms with van der Waals surface area (Å²) in [6.07, 6.45) is -4.97. The van der Waals surface area contributed by atoms with E-state index < -0.39 is 28.5 Å². The second kappa shape index (κ2) is 11.1. The van der Waals surface area contributed by atoms with E-state index in [2.05, 4.69) is 17.5 Å². The summed E-state index contributed by atoms with van der Waals surface area (Å²) in [6, 6.07) is 8.59. The third-order valence-corrected chi connectivity index (χ3v) is 7.25. The minimum Gasteiger partial charge on any atom is -0.444 e. The first-order chi connectivity index (χ1) is 16.3. The van der Waals surface area contributed by atoms with Gasteiger partial charge in [0.2, 0.25) is 5.88 Å². The molecule has 0 aromatic heterocycles. The van der Waals surface area contributed by atoms with Gasteiger partial charge < -0.3 is 14.4 Å². The van der Waals surface area contributed by atoms with Crippen LogP contribution in [0.3, 0.4) is 0 Å². The molecule has 0 bridgehead atoms. The van der Waals surface area contributed by atoms with Crippen LogP contribution in [0.5, 0.6) is 0 Å². The second-order valence-electron chi connectivity index (χ2n) is 9.09. The number of benzene rings is 2. The minimum absolute atomic E-state index is 0.0602. The van der Waals surface area contributed by atoms with Crippen molar-refractivity contribution in [2.24, 2.45) is 0 Å². The Bertz CT molecular complexity index is 1040. The van der Waals surface area contributed by atoms with Gasteiger partial charge in [0.1, 0.15) is 5.60 Å². The molecular weight excluding hydrogens is 523 g/mol. The fraction of sp³-hybridized carbons (Fsp3) is 0.435. The number of nitrogens with zero attached hydrogens (tertiary/aromatic N) is 2. The van der Waals surface area contributed by atoms with Crippen LogP contribution >= 0.6 is 24.4 Å². The summed E-state index contributed by atoms with van der Waals surface area (Å²) < 4.78 is 59.5. The van der Waals surface area contributed by atoms with E-state index in [4.69, 9.17) is 16.3 Å². The van der Waals surface area contributed by atoms with Crippen LogP contribution < -0.4 is 4.72 Å². The summed E-state index contributed by atoms with van der Waals surface area (Å²) in [4.78, 5) is 16.5. The monoisotopic (exact) mass is 550 g/mol. The number of carbonyl (C=O) groups excluding carboxylic acids is 1. The zero-order valence-electron chi connectivity index (χ0n) is 19.5. The molecule has 0 radical (unpaired) electrons. The van der Waals surface area contributed by atoms with Crippen LogP contribution in [-0.2, 0) is 22.1 Å². The molecule has 1 atom stereocenters. The minimum atomic E-state index is -4.61. The zero-order valence-corrected chi connectivity index (χ0v) is 22.0. The van der Waals surface area contributed by atoms with Crippen LogP contribution in [0.4, 0.5) is 23.7 Å². The number of hydrogen-bond donors (Lipinski definition) is 3. The van der Waals surface area contributed by atoms with Crippen LogP contribution in [0.1, 0.15) is 26.3 Å². The van der Waals surface area contributed by atoms with Crippen LogP contribution in [-0.4, -0.2) is 58.1 Å². The van der Waals surface area contributed by atoms with Crippen LogP contribution in [0.2, 0.25) is 5.02 Å². The van der Waals surface area contributed by atoms with Gasteiger partial charge in [0.15, 0.2) is 16.1 Å². The molecule has 6 nitrogen and oxygen atoms in total. The summed E-state index contributed by atoms with van der Waals surface area (Å²) >= 11 is 8.85. The van der Waals surface area contributed by atoms with Crippen LogP contribution in [0, 0.1) is 0 Å². The van der Waals surface area contributed by atoms with E-state index in [9.17, 15) is 22.5 Å². The van der Waals surface area contributed by atoms with E-state index in [-0.39, 0.29) is 22.4 Å². The Labute approximate surface area is 216 Å². The van der Waals surface area contributed by atoms with Gasteiger partial charge in [-0.2, -0.15) is 17.7 Å². The zero-order chi connectivity index (χ0) is 26.0. The molecule has 1 unspecified atom stereocenters. The van der Waals surface area contributed by atoms with Gasteiger partial charge in [0.05, 0.1) is 10.6 Å². The smallest absolute Gasteiger partial charge is 0.417 e. The van der Waals surface area contributed by atoms with Crippen molar-refractivity contribution in [3.63, 3.8) is 0 Å². The summed E-state index contributed by atoms with van der Waals surface area (Å²) in [7, 11) is 0. The quantitative estimate of drug-likeness (QED) is 0.304. The van der Waals surface area contributed by atoms with Crippen molar-refractivity contribution in [1.29, 1.82) is 0 Å². The summed E-state index contributed by atoms with van der Waals surface area (Å²) in [5.41, 5.74) is -1.14.